The Labute approximate surface area is 82.7 Å². The number of likely N-dealkylation sites (tertiary alicyclic amines) is 1. The van der Waals surface area contributed by atoms with Gasteiger partial charge in [-0.1, -0.05) is 11.6 Å². The van der Waals surface area contributed by atoms with Gasteiger partial charge in [-0.15, -0.1) is 0 Å². The fraction of sp³-hybridized carbons (Fsp3) is 0.778. The van der Waals surface area contributed by atoms with Gasteiger partial charge in [-0.25, -0.2) is 0 Å². The molecule has 0 saturated carbocycles. The number of piperidine rings is 1. The van der Waals surface area contributed by atoms with Crippen LogP contribution in [0.3, 0.4) is 0 Å². The van der Waals surface area contributed by atoms with Gasteiger partial charge in [0.05, 0.1) is 6.04 Å². The van der Waals surface area contributed by atoms with Crippen LogP contribution >= 0.6 is 0 Å². The smallest absolute Gasteiger partial charge is 0.252 e. The van der Waals surface area contributed by atoms with Gasteiger partial charge < -0.3 is 9.63 Å². The van der Waals surface area contributed by atoms with Crippen LogP contribution in [0.1, 0.15) is 37.0 Å². The lowest BCUT2D eigenvalue weighted by Gasteiger charge is -2.29. The number of rotatable bonds is 2. The van der Waals surface area contributed by atoms with E-state index < -0.39 is 0 Å². The third-order valence-electron chi connectivity index (χ3n) is 2.69. The van der Waals surface area contributed by atoms with Crippen LogP contribution in [0.4, 0.5) is 0 Å². The summed E-state index contributed by atoms with van der Waals surface area (Å²) < 4.78 is 4.88. The zero-order valence-corrected chi connectivity index (χ0v) is 8.31. The van der Waals surface area contributed by atoms with Crippen LogP contribution in [0, 0.1) is 0 Å². The van der Waals surface area contributed by atoms with Crippen molar-refractivity contribution in [2.45, 2.75) is 31.9 Å². The molecule has 14 heavy (non-hydrogen) atoms. The topological polar surface area (TPSA) is 62.4 Å². The fourth-order valence-corrected chi connectivity index (χ4v) is 1.87. The Kier molecular flexibility index (Phi) is 2.79. The number of aromatic nitrogens is 2. The van der Waals surface area contributed by atoms with Crippen molar-refractivity contribution < 1.29 is 9.63 Å². The summed E-state index contributed by atoms with van der Waals surface area (Å²) in [5, 5.41) is 12.7. The minimum Gasteiger partial charge on any atom is -0.387 e. The van der Waals surface area contributed by atoms with Crippen LogP contribution in [-0.2, 0) is 6.61 Å². The molecule has 1 aromatic rings. The summed E-state index contributed by atoms with van der Waals surface area (Å²) in [4.78, 5) is 6.37. The van der Waals surface area contributed by atoms with Gasteiger partial charge in [0.1, 0.15) is 6.61 Å². The Morgan fingerprint density at radius 1 is 1.57 bits per heavy atom. The molecule has 1 unspecified atom stereocenters. The maximum atomic E-state index is 8.81. The minimum atomic E-state index is -0.177. The number of hydrogen-bond acceptors (Lipinski definition) is 5. The summed E-state index contributed by atoms with van der Waals surface area (Å²) in [6, 6.07) is 0.257. The van der Waals surface area contributed by atoms with E-state index in [2.05, 4.69) is 22.1 Å². The van der Waals surface area contributed by atoms with E-state index in [-0.39, 0.29) is 12.6 Å². The Morgan fingerprint density at radius 2 is 2.43 bits per heavy atom. The van der Waals surface area contributed by atoms with Crippen molar-refractivity contribution in [1.29, 1.82) is 0 Å². The standard InChI is InChI=1S/C9H15N3O2/c1-12-5-3-2-4-7(12)9-10-8(6-13)14-11-9/h7,13H,2-6H2,1H3. The molecule has 0 aliphatic carbocycles. The van der Waals surface area contributed by atoms with Crippen molar-refractivity contribution >= 4 is 0 Å². The van der Waals surface area contributed by atoms with Gasteiger partial charge >= 0.3 is 0 Å². The summed E-state index contributed by atoms with van der Waals surface area (Å²) in [5.41, 5.74) is 0. The average molecular weight is 197 g/mol. The molecule has 0 spiro atoms. The highest BCUT2D eigenvalue weighted by molar-refractivity contribution is 4.95. The van der Waals surface area contributed by atoms with Crippen molar-refractivity contribution in [3.8, 4) is 0 Å². The molecule has 2 rings (SSSR count). The predicted molar refractivity (Wildman–Crippen MR) is 49.4 cm³/mol. The number of aliphatic hydroxyl groups is 1. The average Bonchev–Trinajstić information content (AvgIpc) is 2.67. The van der Waals surface area contributed by atoms with E-state index in [0.717, 1.165) is 13.0 Å². The van der Waals surface area contributed by atoms with E-state index in [9.17, 15) is 0 Å². The number of aliphatic hydroxyl groups excluding tert-OH is 1. The molecule has 1 aliphatic rings. The molecule has 1 aliphatic heterocycles. The second-order valence-corrected chi connectivity index (χ2v) is 3.70. The van der Waals surface area contributed by atoms with Crippen molar-refractivity contribution in [3.05, 3.63) is 11.7 Å². The van der Waals surface area contributed by atoms with E-state index >= 15 is 0 Å². The summed E-state index contributed by atoms with van der Waals surface area (Å²) >= 11 is 0. The van der Waals surface area contributed by atoms with Crippen molar-refractivity contribution in [2.24, 2.45) is 0 Å². The zero-order valence-electron chi connectivity index (χ0n) is 8.31. The third-order valence-corrected chi connectivity index (χ3v) is 2.69. The zero-order chi connectivity index (χ0) is 9.97. The Bertz CT molecular complexity index is 300. The Hall–Kier alpha value is -0.940. The molecule has 1 atom stereocenters. The third kappa shape index (κ3) is 1.78. The maximum Gasteiger partial charge on any atom is 0.252 e. The van der Waals surface area contributed by atoms with Gasteiger partial charge in [-0.05, 0) is 26.4 Å². The SMILES string of the molecule is CN1CCCCC1c1noc(CO)n1. The second-order valence-electron chi connectivity index (χ2n) is 3.70. The van der Waals surface area contributed by atoms with E-state index in [1.807, 2.05) is 0 Å². The fourth-order valence-electron chi connectivity index (χ4n) is 1.87. The van der Waals surface area contributed by atoms with E-state index in [1.165, 1.54) is 12.8 Å². The highest BCUT2D eigenvalue weighted by atomic mass is 16.5. The summed E-state index contributed by atoms with van der Waals surface area (Å²) in [5.74, 6) is 1.01. The van der Waals surface area contributed by atoms with Gasteiger partial charge in [0.15, 0.2) is 5.82 Å². The molecule has 0 amide bonds. The first-order chi connectivity index (χ1) is 6.81. The Balaban J connectivity index is 2.12. The molecule has 1 saturated heterocycles. The van der Waals surface area contributed by atoms with Crippen LogP contribution in [0.2, 0.25) is 0 Å². The van der Waals surface area contributed by atoms with E-state index in [0.29, 0.717) is 11.7 Å². The first kappa shape index (κ1) is 9.61. The van der Waals surface area contributed by atoms with Gasteiger partial charge in [-0.3, -0.25) is 4.90 Å². The van der Waals surface area contributed by atoms with E-state index in [1.54, 1.807) is 0 Å². The van der Waals surface area contributed by atoms with Crippen LogP contribution in [0.25, 0.3) is 0 Å². The summed E-state index contributed by atoms with van der Waals surface area (Å²) in [6.07, 6.45) is 3.51. The summed E-state index contributed by atoms with van der Waals surface area (Å²) in [7, 11) is 2.07. The molecule has 5 nitrogen and oxygen atoms in total. The van der Waals surface area contributed by atoms with E-state index in [4.69, 9.17) is 9.63 Å². The highest BCUT2D eigenvalue weighted by Crippen LogP contribution is 2.27. The number of hydrogen-bond donors (Lipinski definition) is 1. The van der Waals surface area contributed by atoms with Gasteiger partial charge in [0.2, 0.25) is 0 Å². The lowest BCUT2D eigenvalue weighted by atomic mass is 10.0. The molecule has 1 aromatic heterocycles. The molecule has 0 bridgehead atoms. The van der Waals surface area contributed by atoms with Crippen molar-refractivity contribution in [1.82, 2.24) is 15.0 Å². The van der Waals surface area contributed by atoms with Crippen LogP contribution in [0.15, 0.2) is 4.52 Å². The van der Waals surface area contributed by atoms with Crippen LogP contribution in [0.5, 0.6) is 0 Å². The molecule has 0 radical (unpaired) electrons. The molecule has 1 fully saturated rings. The first-order valence-electron chi connectivity index (χ1n) is 4.95. The number of nitrogens with zero attached hydrogens (tertiary/aromatic N) is 3. The first-order valence-corrected chi connectivity index (χ1v) is 4.95. The molecular formula is C9H15N3O2. The van der Waals surface area contributed by atoms with Crippen LogP contribution in [-0.4, -0.2) is 33.7 Å². The van der Waals surface area contributed by atoms with Gasteiger partial charge in [0, 0.05) is 0 Å². The molecule has 1 N–H and O–H groups in total. The largest absolute Gasteiger partial charge is 0.387 e. The molecule has 78 valence electrons. The maximum absolute atomic E-state index is 8.81. The molecule has 5 heteroatoms. The second kappa shape index (κ2) is 4.06. The predicted octanol–water partition coefficient (Wildman–Crippen LogP) is 0.719. The lowest BCUT2D eigenvalue weighted by molar-refractivity contribution is 0.175. The Morgan fingerprint density at radius 3 is 3.07 bits per heavy atom. The van der Waals surface area contributed by atoms with Gasteiger partial charge in [-0.2, -0.15) is 4.98 Å². The molecule has 0 aromatic carbocycles. The minimum absolute atomic E-state index is 0.177. The summed E-state index contributed by atoms with van der Waals surface area (Å²) in [6.45, 7) is 0.900. The monoisotopic (exact) mass is 197 g/mol. The molecular weight excluding hydrogens is 182 g/mol. The van der Waals surface area contributed by atoms with Crippen LogP contribution < -0.4 is 0 Å². The quantitative estimate of drug-likeness (QED) is 0.756. The lowest BCUT2D eigenvalue weighted by Crippen LogP contribution is -2.30. The van der Waals surface area contributed by atoms with Gasteiger partial charge in [0.25, 0.3) is 5.89 Å². The normalized spacial score (nSPS) is 24.0. The highest BCUT2D eigenvalue weighted by Gasteiger charge is 2.24. The van der Waals surface area contributed by atoms with Crippen molar-refractivity contribution in [3.63, 3.8) is 0 Å². The molecule has 2 heterocycles. The van der Waals surface area contributed by atoms with Crippen molar-refractivity contribution in [2.75, 3.05) is 13.6 Å².